The number of phenols is 1. The lowest BCUT2D eigenvalue weighted by atomic mass is 10.1. The first-order valence-corrected chi connectivity index (χ1v) is 5.30. The molecule has 0 aliphatic carbocycles. The summed E-state index contributed by atoms with van der Waals surface area (Å²) in [5, 5.41) is 15.6. The number of rotatable bonds is 3. The molecule has 1 heterocycles. The van der Waals surface area contributed by atoms with Gasteiger partial charge in [-0.05, 0) is 18.2 Å². The standard InChI is InChI=1S/C12H12FN3O2/c1-16(7-8-4-5-14-15-8)12(18)10-3-2-9(17)6-11(10)13/h2-6,17H,7H2,1H3,(H,14,15). The Morgan fingerprint density at radius 1 is 1.50 bits per heavy atom. The number of H-pyrrole nitrogens is 1. The van der Waals surface area contributed by atoms with Gasteiger partial charge in [-0.25, -0.2) is 4.39 Å². The molecule has 1 aromatic heterocycles. The highest BCUT2D eigenvalue weighted by molar-refractivity contribution is 5.94. The van der Waals surface area contributed by atoms with Crippen LogP contribution < -0.4 is 0 Å². The summed E-state index contributed by atoms with van der Waals surface area (Å²) in [6, 6.07) is 5.19. The van der Waals surface area contributed by atoms with Gasteiger partial charge in [-0.3, -0.25) is 9.89 Å². The molecule has 2 rings (SSSR count). The van der Waals surface area contributed by atoms with Gasteiger partial charge in [0.15, 0.2) is 0 Å². The van der Waals surface area contributed by atoms with Crippen LogP contribution in [-0.4, -0.2) is 33.2 Å². The monoisotopic (exact) mass is 249 g/mol. The molecule has 0 spiro atoms. The zero-order chi connectivity index (χ0) is 13.1. The molecule has 18 heavy (non-hydrogen) atoms. The van der Waals surface area contributed by atoms with Gasteiger partial charge in [0.2, 0.25) is 0 Å². The van der Waals surface area contributed by atoms with Gasteiger partial charge < -0.3 is 10.0 Å². The van der Waals surface area contributed by atoms with E-state index < -0.39 is 11.7 Å². The minimum atomic E-state index is -0.739. The van der Waals surface area contributed by atoms with E-state index in [1.807, 2.05) is 0 Å². The first kappa shape index (κ1) is 12.1. The van der Waals surface area contributed by atoms with Crippen molar-refractivity contribution in [2.45, 2.75) is 6.54 Å². The molecule has 0 unspecified atom stereocenters. The number of aromatic amines is 1. The number of carbonyl (C=O) groups is 1. The van der Waals surface area contributed by atoms with E-state index in [1.54, 1.807) is 19.3 Å². The summed E-state index contributed by atoms with van der Waals surface area (Å²) in [4.78, 5) is 13.3. The lowest BCUT2D eigenvalue weighted by molar-refractivity contribution is 0.0778. The third-order valence-corrected chi connectivity index (χ3v) is 2.50. The Balaban J connectivity index is 2.15. The molecule has 2 aromatic rings. The van der Waals surface area contributed by atoms with Crippen LogP contribution in [0.3, 0.4) is 0 Å². The Bertz CT molecular complexity index is 554. The fraction of sp³-hybridized carbons (Fsp3) is 0.167. The van der Waals surface area contributed by atoms with Crippen molar-refractivity contribution in [3.05, 3.63) is 47.5 Å². The average molecular weight is 249 g/mol. The van der Waals surface area contributed by atoms with Crippen molar-refractivity contribution in [2.24, 2.45) is 0 Å². The molecule has 0 aliphatic rings. The molecule has 2 N–H and O–H groups in total. The van der Waals surface area contributed by atoms with Crippen LogP contribution in [0.2, 0.25) is 0 Å². The van der Waals surface area contributed by atoms with Gasteiger partial charge in [0.25, 0.3) is 5.91 Å². The first-order valence-electron chi connectivity index (χ1n) is 5.30. The largest absolute Gasteiger partial charge is 0.508 e. The van der Waals surface area contributed by atoms with Crippen molar-refractivity contribution >= 4 is 5.91 Å². The van der Waals surface area contributed by atoms with E-state index in [9.17, 15) is 9.18 Å². The predicted molar refractivity (Wildman–Crippen MR) is 62.5 cm³/mol. The van der Waals surface area contributed by atoms with Gasteiger partial charge in [0.05, 0.1) is 17.8 Å². The number of phenolic OH excluding ortho intramolecular Hbond substituents is 1. The van der Waals surface area contributed by atoms with Crippen LogP contribution in [-0.2, 0) is 6.54 Å². The molecule has 0 saturated carbocycles. The van der Waals surface area contributed by atoms with E-state index in [0.29, 0.717) is 6.54 Å². The van der Waals surface area contributed by atoms with Crippen molar-refractivity contribution in [3.8, 4) is 5.75 Å². The number of aromatic hydroxyl groups is 1. The van der Waals surface area contributed by atoms with Crippen LogP contribution in [0.5, 0.6) is 5.75 Å². The van der Waals surface area contributed by atoms with E-state index >= 15 is 0 Å². The van der Waals surface area contributed by atoms with Crippen molar-refractivity contribution in [3.63, 3.8) is 0 Å². The SMILES string of the molecule is CN(Cc1ccn[nH]1)C(=O)c1ccc(O)cc1F. The molecule has 0 radical (unpaired) electrons. The predicted octanol–water partition coefficient (Wildman–Crippen LogP) is 1.53. The number of hydrogen-bond acceptors (Lipinski definition) is 3. The number of amides is 1. The highest BCUT2D eigenvalue weighted by Crippen LogP contribution is 2.16. The molecular weight excluding hydrogens is 237 g/mol. The second kappa shape index (κ2) is 4.87. The van der Waals surface area contributed by atoms with Crippen molar-refractivity contribution in [1.82, 2.24) is 15.1 Å². The normalized spacial score (nSPS) is 10.3. The number of nitrogens with one attached hydrogen (secondary N) is 1. The van der Waals surface area contributed by atoms with Gasteiger partial charge >= 0.3 is 0 Å². The van der Waals surface area contributed by atoms with E-state index in [-0.39, 0.29) is 11.3 Å². The molecule has 0 aliphatic heterocycles. The van der Waals surface area contributed by atoms with Crippen molar-refractivity contribution < 1.29 is 14.3 Å². The Hall–Kier alpha value is -2.37. The summed E-state index contributed by atoms with van der Waals surface area (Å²) in [6.07, 6.45) is 1.58. The third-order valence-electron chi connectivity index (χ3n) is 2.50. The zero-order valence-electron chi connectivity index (χ0n) is 9.72. The van der Waals surface area contributed by atoms with E-state index in [4.69, 9.17) is 5.11 Å². The van der Waals surface area contributed by atoms with Crippen LogP contribution in [0.15, 0.2) is 30.5 Å². The fourth-order valence-electron chi connectivity index (χ4n) is 1.58. The Kier molecular flexibility index (Phi) is 3.27. The van der Waals surface area contributed by atoms with Crippen LogP contribution >= 0.6 is 0 Å². The highest BCUT2D eigenvalue weighted by Gasteiger charge is 2.17. The number of halogens is 1. The summed E-state index contributed by atoms with van der Waals surface area (Å²) in [5.74, 6) is -1.40. The maximum absolute atomic E-state index is 13.5. The fourth-order valence-corrected chi connectivity index (χ4v) is 1.58. The first-order chi connectivity index (χ1) is 8.58. The zero-order valence-corrected chi connectivity index (χ0v) is 9.72. The van der Waals surface area contributed by atoms with Gasteiger partial charge in [0.1, 0.15) is 11.6 Å². The molecule has 5 nitrogen and oxygen atoms in total. The van der Waals surface area contributed by atoms with Crippen LogP contribution in [0.25, 0.3) is 0 Å². The molecule has 94 valence electrons. The maximum Gasteiger partial charge on any atom is 0.256 e. The average Bonchev–Trinajstić information content (AvgIpc) is 2.81. The molecule has 6 heteroatoms. The molecule has 0 fully saturated rings. The number of nitrogens with zero attached hydrogens (tertiary/aromatic N) is 2. The molecule has 1 aromatic carbocycles. The topological polar surface area (TPSA) is 69.2 Å². The number of benzene rings is 1. The van der Waals surface area contributed by atoms with Crippen LogP contribution in [0.1, 0.15) is 16.1 Å². The van der Waals surface area contributed by atoms with Gasteiger partial charge in [0, 0.05) is 19.3 Å². The Morgan fingerprint density at radius 3 is 2.89 bits per heavy atom. The highest BCUT2D eigenvalue weighted by atomic mass is 19.1. The van der Waals surface area contributed by atoms with Crippen molar-refractivity contribution in [1.29, 1.82) is 0 Å². The van der Waals surface area contributed by atoms with Gasteiger partial charge in [-0.2, -0.15) is 5.10 Å². The Labute approximate surface area is 103 Å². The van der Waals surface area contributed by atoms with Gasteiger partial charge in [-0.15, -0.1) is 0 Å². The molecule has 1 amide bonds. The molecule has 0 bridgehead atoms. The minimum Gasteiger partial charge on any atom is -0.508 e. The van der Waals surface area contributed by atoms with Crippen molar-refractivity contribution in [2.75, 3.05) is 7.05 Å². The second-order valence-electron chi connectivity index (χ2n) is 3.91. The lowest BCUT2D eigenvalue weighted by Gasteiger charge is -2.16. The number of carbonyl (C=O) groups excluding carboxylic acids is 1. The van der Waals surface area contributed by atoms with E-state index in [0.717, 1.165) is 11.8 Å². The molecule has 0 atom stereocenters. The summed E-state index contributed by atoms with van der Waals surface area (Å²) in [6.45, 7) is 0.305. The smallest absolute Gasteiger partial charge is 0.256 e. The summed E-state index contributed by atoms with van der Waals surface area (Å²) < 4.78 is 13.5. The number of aromatic nitrogens is 2. The maximum atomic E-state index is 13.5. The van der Waals surface area contributed by atoms with Crippen LogP contribution in [0.4, 0.5) is 4.39 Å². The third kappa shape index (κ3) is 2.48. The molecular formula is C12H12FN3O2. The lowest BCUT2D eigenvalue weighted by Crippen LogP contribution is -2.27. The van der Waals surface area contributed by atoms with E-state index in [1.165, 1.54) is 17.0 Å². The van der Waals surface area contributed by atoms with Gasteiger partial charge in [-0.1, -0.05) is 0 Å². The minimum absolute atomic E-state index is 0.0742. The van der Waals surface area contributed by atoms with Crippen LogP contribution in [0, 0.1) is 5.82 Å². The quantitative estimate of drug-likeness (QED) is 0.866. The Morgan fingerprint density at radius 2 is 2.28 bits per heavy atom. The number of hydrogen-bond donors (Lipinski definition) is 2. The van der Waals surface area contributed by atoms with E-state index in [2.05, 4.69) is 10.2 Å². The summed E-state index contributed by atoms with van der Waals surface area (Å²) >= 11 is 0. The summed E-state index contributed by atoms with van der Waals surface area (Å²) in [5.41, 5.74) is 0.680. The second-order valence-corrected chi connectivity index (χ2v) is 3.91. The molecule has 0 saturated heterocycles. The summed E-state index contributed by atoms with van der Waals surface area (Å²) in [7, 11) is 1.56.